The maximum absolute atomic E-state index is 5.75. The van der Waals surface area contributed by atoms with E-state index in [1.807, 2.05) is 26.2 Å². The quantitative estimate of drug-likeness (QED) is 0.257. The number of hydrogen-bond acceptors (Lipinski definition) is 5. The monoisotopic (exact) mass is 541 g/mol. The van der Waals surface area contributed by atoms with Gasteiger partial charge in [0.2, 0.25) is 0 Å². The molecule has 3 atom stereocenters. The van der Waals surface area contributed by atoms with Gasteiger partial charge in [-0.1, -0.05) is 42.5 Å². The van der Waals surface area contributed by atoms with E-state index in [2.05, 4.69) is 69.6 Å². The van der Waals surface area contributed by atoms with E-state index in [0.29, 0.717) is 18.1 Å². The lowest BCUT2D eigenvalue weighted by Gasteiger charge is -2.56. The van der Waals surface area contributed by atoms with Gasteiger partial charge in [0.05, 0.1) is 30.3 Å². The Bertz CT molecular complexity index is 1740. The van der Waals surface area contributed by atoms with E-state index in [9.17, 15) is 0 Å². The Morgan fingerprint density at radius 2 is 1.54 bits per heavy atom. The van der Waals surface area contributed by atoms with Crippen LogP contribution in [0.4, 0.5) is 0 Å². The Hall–Kier alpha value is -3.87. The van der Waals surface area contributed by atoms with Crippen molar-refractivity contribution in [3.63, 3.8) is 0 Å². The maximum Gasteiger partial charge on any atom is 0.137 e. The zero-order chi connectivity index (χ0) is 27.5. The van der Waals surface area contributed by atoms with Crippen LogP contribution >= 0.6 is 0 Å². The van der Waals surface area contributed by atoms with Crippen LogP contribution in [-0.4, -0.2) is 56.2 Å². The molecule has 0 spiro atoms. The fourth-order valence-corrected chi connectivity index (χ4v) is 7.35. The topological polar surface area (TPSA) is 66.9 Å². The van der Waals surface area contributed by atoms with E-state index in [-0.39, 0.29) is 0 Å². The number of benzene rings is 2. The van der Waals surface area contributed by atoms with Crippen molar-refractivity contribution in [1.29, 1.82) is 0 Å². The third kappa shape index (κ3) is 4.37. The highest BCUT2D eigenvalue weighted by molar-refractivity contribution is 5.96. The summed E-state index contributed by atoms with van der Waals surface area (Å²) in [6.07, 6.45) is 12.0. The highest BCUT2D eigenvalue weighted by Crippen LogP contribution is 2.38. The molecular formula is C35H35N5O. The van der Waals surface area contributed by atoms with Gasteiger partial charge in [0.15, 0.2) is 0 Å². The van der Waals surface area contributed by atoms with E-state index >= 15 is 0 Å². The zero-order valence-corrected chi connectivity index (χ0v) is 23.7. The van der Waals surface area contributed by atoms with Crippen molar-refractivity contribution in [2.75, 3.05) is 13.2 Å². The van der Waals surface area contributed by atoms with Crippen LogP contribution in [-0.2, 0) is 17.6 Å². The van der Waals surface area contributed by atoms with Crippen molar-refractivity contribution in [3.05, 3.63) is 89.6 Å². The van der Waals surface area contributed by atoms with Gasteiger partial charge in [0, 0.05) is 58.8 Å². The molecule has 5 heterocycles. The smallest absolute Gasteiger partial charge is 0.137 e. The molecule has 1 N–H and O–H groups in total. The van der Waals surface area contributed by atoms with Crippen LogP contribution in [0.25, 0.3) is 44.5 Å². The molecule has 2 aromatic carbocycles. The average molecular weight is 542 g/mol. The zero-order valence-electron chi connectivity index (χ0n) is 23.7. The molecule has 0 saturated carbocycles. The SMILES string of the molecule is Cc1cnc(C)c(-c2ccc(-c3c[nH]c4ncc(-c5ccc6c(c5)CC[C@@H](N5C7COCC5C7)CC6)cc34)cc2)n1. The summed E-state index contributed by atoms with van der Waals surface area (Å²) in [5.74, 6) is 0. The summed E-state index contributed by atoms with van der Waals surface area (Å²) in [6, 6.07) is 20.0. The number of morpholine rings is 1. The molecule has 41 heavy (non-hydrogen) atoms. The van der Waals surface area contributed by atoms with Gasteiger partial charge >= 0.3 is 0 Å². The first-order valence-corrected chi connectivity index (χ1v) is 15.0. The van der Waals surface area contributed by atoms with E-state index in [0.717, 1.165) is 64.4 Å². The standard InChI is InChI=1S/C35H35N5O/c1-21-16-36-22(2)34(39-21)25-6-4-24(5-7-25)33-18-38-35-32(33)14-28(17-37-35)27-8-3-23-9-11-29(12-10-26(23)13-27)40-30-15-31(40)20-41-19-30/h3-8,13-14,16-18,29-31H,9-12,15,19-20H2,1-2H3,(H,37,38)/t29-,30?,31?/m0/s1. The van der Waals surface area contributed by atoms with E-state index in [1.54, 1.807) is 0 Å². The molecule has 5 aromatic rings. The number of aryl methyl sites for hydroxylation is 4. The summed E-state index contributed by atoms with van der Waals surface area (Å²) in [4.78, 5) is 20.2. The summed E-state index contributed by atoms with van der Waals surface area (Å²) in [5, 5.41) is 1.14. The molecule has 2 bridgehead atoms. The number of nitrogens with zero attached hydrogens (tertiary/aromatic N) is 4. The van der Waals surface area contributed by atoms with Crippen LogP contribution in [0.5, 0.6) is 0 Å². The predicted octanol–water partition coefficient (Wildman–Crippen LogP) is 6.69. The fraction of sp³-hybridized carbons (Fsp3) is 0.343. The van der Waals surface area contributed by atoms with Crippen molar-refractivity contribution in [3.8, 4) is 33.5 Å². The van der Waals surface area contributed by atoms with Gasteiger partial charge in [-0.05, 0) is 74.3 Å². The molecule has 2 aliphatic heterocycles. The normalized spacial score (nSPS) is 22.2. The first-order valence-electron chi connectivity index (χ1n) is 15.0. The lowest BCUT2D eigenvalue weighted by Crippen LogP contribution is -2.66. The number of pyridine rings is 1. The predicted molar refractivity (Wildman–Crippen MR) is 163 cm³/mol. The number of rotatable bonds is 4. The second kappa shape index (κ2) is 9.89. The van der Waals surface area contributed by atoms with Gasteiger partial charge in [-0.3, -0.25) is 9.88 Å². The Kier molecular flexibility index (Phi) is 6.01. The van der Waals surface area contributed by atoms with Gasteiger partial charge < -0.3 is 9.72 Å². The average Bonchev–Trinajstić information content (AvgIpc) is 3.32. The van der Waals surface area contributed by atoms with E-state index in [4.69, 9.17) is 14.7 Å². The minimum absolute atomic E-state index is 0.653. The molecule has 0 radical (unpaired) electrons. The summed E-state index contributed by atoms with van der Waals surface area (Å²) >= 11 is 0. The second-order valence-corrected chi connectivity index (χ2v) is 12.1. The molecule has 2 saturated heterocycles. The first kappa shape index (κ1) is 24.9. The van der Waals surface area contributed by atoms with Gasteiger partial charge in [-0.2, -0.15) is 0 Å². The minimum atomic E-state index is 0.653. The summed E-state index contributed by atoms with van der Waals surface area (Å²) in [6.45, 7) is 5.84. The largest absolute Gasteiger partial charge is 0.378 e. The molecule has 3 aromatic heterocycles. The summed E-state index contributed by atoms with van der Waals surface area (Å²) in [7, 11) is 0. The highest BCUT2D eigenvalue weighted by Gasteiger charge is 2.45. The molecule has 6 heteroatoms. The van der Waals surface area contributed by atoms with Crippen LogP contribution in [0, 0.1) is 13.8 Å². The number of ether oxygens (including phenoxy) is 1. The molecule has 6 nitrogen and oxygen atoms in total. The maximum atomic E-state index is 5.75. The van der Waals surface area contributed by atoms with E-state index < -0.39 is 0 Å². The Balaban J connectivity index is 1.06. The Morgan fingerprint density at radius 1 is 0.780 bits per heavy atom. The fourth-order valence-electron chi connectivity index (χ4n) is 7.35. The molecule has 8 rings (SSSR count). The van der Waals surface area contributed by atoms with Gasteiger partial charge in [0.25, 0.3) is 0 Å². The number of aromatic nitrogens is 4. The van der Waals surface area contributed by atoms with Crippen molar-refractivity contribution in [2.24, 2.45) is 0 Å². The lowest BCUT2D eigenvalue weighted by molar-refractivity contribution is -0.148. The molecule has 206 valence electrons. The second-order valence-electron chi connectivity index (χ2n) is 12.1. The molecule has 0 amide bonds. The highest BCUT2D eigenvalue weighted by atomic mass is 16.5. The molecular weight excluding hydrogens is 506 g/mol. The summed E-state index contributed by atoms with van der Waals surface area (Å²) in [5.41, 5.74) is 12.6. The van der Waals surface area contributed by atoms with Crippen LogP contribution in [0.15, 0.2) is 67.1 Å². The van der Waals surface area contributed by atoms with E-state index in [1.165, 1.54) is 47.9 Å². The Labute approximate surface area is 240 Å². The molecule has 3 aliphatic rings. The number of aromatic amines is 1. The number of nitrogens with one attached hydrogen (secondary N) is 1. The first-order chi connectivity index (χ1) is 20.1. The number of hydrogen-bond donors (Lipinski definition) is 1. The Morgan fingerprint density at radius 3 is 2.34 bits per heavy atom. The van der Waals surface area contributed by atoms with Crippen molar-refractivity contribution >= 4 is 11.0 Å². The van der Waals surface area contributed by atoms with Gasteiger partial charge in [0.1, 0.15) is 5.65 Å². The van der Waals surface area contributed by atoms with Crippen molar-refractivity contribution in [1.82, 2.24) is 24.8 Å². The summed E-state index contributed by atoms with van der Waals surface area (Å²) < 4.78 is 5.75. The van der Waals surface area contributed by atoms with Gasteiger partial charge in [-0.25, -0.2) is 9.97 Å². The van der Waals surface area contributed by atoms with Crippen molar-refractivity contribution in [2.45, 2.75) is 64.1 Å². The number of fused-ring (bicyclic) bond motifs is 4. The third-order valence-corrected chi connectivity index (χ3v) is 9.54. The van der Waals surface area contributed by atoms with Crippen LogP contribution in [0.2, 0.25) is 0 Å². The molecule has 2 unspecified atom stereocenters. The van der Waals surface area contributed by atoms with Crippen LogP contribution in [0.1, 0.15) is 41.8 Å². The van der Waals surface area contributed by atoms with Gasteiger partial charge in [-0.15, -0.1) is 0 Å². The number of H-pyrrole nitrogens is 1. The molecule has 2 fully saturated rings. The van der Waals surface area contributed by atoms with Crippen molar-refractivity contribution < 1.29 is 4.74 Å². The van der Waals surface area contributed by atoms with Crippen LogP contribution in [0.3, 0.4) is 0 Å². The lowest BCUT2D eigenvalue weighted by atomic mass is 9.87. The minimum Gasteiger partial charge on any atom is -0.378 e. The van der Waals surface area contributed by atoms with Crippen LogP contribution < -0.4 is 0 Å². The molecule has 1 aliphatic carbocycles. The third-order valence-electron chi connectivity index (χ3n) is 9.54.